The summed E-state index contributed by atoms with van der Waals surface area (Å²) in [5, 5.41) is 4.02. The van der Waals surface area contributed by atoms with E-state index in [9.17, 15) is 13.2 Å². The maximum Gasteiger partial charge on any atom is 0.274 e. The molecule has 5 rings (SSSR count). The third-order valence-electron chi connectivity index (χ3n) is 6.81. The fourth-order valence-electron chi connectivity index (χ4n) is 5.16. The number of rotatable bonds is 6. The van der Waals surface area contributed by atoms with Gasteiger partial charge in [-0.05, 0) is 36.4 Å². The number of hydrogen-bond donors (Lipinski definition) is 1. The number of carbonyl (C=O) groups excluding carboxylic acids is 1. The van der Waals surface area contributed by atoms with E-state index in [0.717, 1.165) is 4.31 Å². The zero-order valence-corrected chi connectivity index (χ0v) is 22.5. The number of amides is 1. The molecule has 8 nitrogen and oxygen atoms in total. The number of carbonyl (C=O) groups is 1. The van der Waals surface area contributed by atoms with Gasteiger partial charge < -0.3 is 14.8 Å². The minimum atomic E-state index is -4.44. The van der Waals surface area contributed by atoms with Gasteiger partial charge in [0.25, 0.3) is 15.9 Å². The summed E-state index contributed by atoms with van der Waals surface area (Å²) in [5.41, 5.74) is -0.346. The number of nitrogens with zero attached hydrogens (tertiary/aromatic N) is 2. The molecule has 2 aliphatic heterocycles. The first-order valence-corrected chi connectivity index (χ1v) is 13.8. The number of methoxy groups -OCH3 is 2. The van der Waals surface area contributed by atoms with Crippen LogP contribution in [0.2, 0.25) is 10.0 Å². The van der Waals surface area contributed by atoms with Crippen molar-refractivity contribution < 1.29 is 22.7 Å². The predicted octanol–water partition coefficient (Wildman–Crippen LogP) is 3.89. The Labute approximate surface area is 225 Å². The number of nitrogens with one attached hydrogen (secondary N) is 1. The Morgan fingerprint density at radius 1 is 0.919 bits per heavy atom. The van der Waals surface area contributed by atoms with Crippen LogP contribution in [-0.2, 0) is 20.4 Å². The van der Waals surface area contributed by atoms with Gasteiger partial charge in [-0.3, -0.25) is 9.69 Å². The average molecular weight is 562 g/mol. The Hall–Kier alpha value is -2.82. The molecule has 3 aromatic rings. The Morgan fingerprint density at radius 2 is 1.65 bits per heavy atom. The van der Waals surface area contributed by atoms with E-state index in [1.807, 2.05) is 4.90 Å². The third kappa shape index (κ3) is 3.97. The van der Waals surface area contributed by atoms with Crippen LogP contribution in [0.25, 0.3) is 0 Å². The first-order valence-electron chi connectivity index (χ1n) is 11.6. The summed E-state index contributed by atoms with van der Waals surface area (Å²) in [7, 11) is -1.60. The molecule has 0 aromatic heterocycles. The van der Waals surface area contributed by atoms with Gasteiger partial charge >= 0.3 is 0 Å². The van der Waals surface area contributed by atoms with Gasteiger partial charge in [0.2, 0.25) is 0 Å². The number of piperazine rings is 1. The molecule has 0 radical (unpaired) electrons. The molecule has 0 bridgehead atoms. The Balaban J connectivity index is 1.81. The summed E-state index contributed by atoms with van der Waals surface area (Å²) in [6.07, 6.45) is 0. The highest BCUT2D eigenvalue weighted by atomic mass is 35.5. The SMILES string of the molecule is COc1ccc(S(=O)(=O)N2C(=O)C(c3ccccc3Cl)(N3CCNCC3)c3cc(Cl)ccc32)c(OC)c1. The fraction of sp³-hybridized carbons (Fsp3) is 0.269. The molecule has 1 atom stereocenters. The van der Waals surface area contributed by atoms with Crippen molar-refractivity contribution >= 4 is 44.8 Å². The lowest BCUT2D eigenvalue weighted by Gasteiger charge is -2.43. The molecule has 37 heavy (non-hydrogen) atoms. The molecular weight excluding hydrogens is 537 g/mol. The summed E-state index contributed by atoms with van der Waals surface area (Å²) in [6, 6.07) is 16.1. The highest BCUT2D eigenvalue weighted by Crippen LogP contribution is 2.53. The lowest BCUT2D eigenvalue weighted by molar-refractivity contribution is -0.127. The standard InChI is InChI=1S/C26H25Cl2N3O5S/c1-35-18-8-10-24(23(16-18)36-2)37(33,34)31-22-9-7-17(27)15-20(22)26(25(31)32,30-13-11-29-12-14-30)19-5-3-4-6-21(19)28/h3-10,15-16,29H,11-14H2,1-2H3. The van der Waals surface area contributed by atoms with Crippen LogP contribution in [0.4, 0.5) is 5.69 Å². The van der Waals surface area contributed by atoms with E-state index < -0.39 is 21.5 Å². The summed E-state index contributed by atoms with van der Waals surface area (Å²) in [6.45, 7) is 2.22. The van der Waals surface area contributed by atoms with Crippen molar-refractivity contribution in [2.45, 2.75) is 10.4 Å². The number of ether oxygens (including phenoxy) is 2. The first-order chi connectivity index (χ1) is 17.8. The van der Waals surface area contributed by atoms with Crippen molar-refractivity contribution in [1.29, 1.82) is 0 Å². The van der Waals surface area contributed by atoms with Gasteiger partial charge in [-0.25, -0.2) is 12.7 Å². The lowest BCUT2D eigenvalue weighted by Crippen LogP contribution is -2.59. The van der Waals surface area contributed by atoms with Gasteiger partial charge in [0.05, 0.1) is 19.9 Å². The monoisotopic (exact) mass is 561 g/mol. The van der Waals surface area contributed by atoms with Crippen LogP contribution in [0.15, 0.2) is 65.6 Å². The number of fused-ring (bicyclic) bond motifs is 1. The van der Waals surface area contributed by atoms with Crippen molar-refractivity contribution in [1.82, 2.24) is 10.2 Å². The molecule has 1 N–H and O–H groups in total. The zero-order valence-electron chi connectivity index (χ0n) is 20.2. The number of benzene rings is 3. The molecule has 1 unspecified atom stereocenters. The third-order valence-corrected chi connectivity index (χ3v) is 9.11. The average Bonchev–Trinajstić information content (AvgIpc) is 3.17. The van der Waals surface area contributed by atoms with Gasteiger partial charge in [-0.1, -0.05) is 41.4 Å². The highest BCUT2D eigenvalue weighted by Gasteiger charge is 2.60. The minimum absolute atomic E-state index is 0.0556. The number of hydrogen-bond acceptors (Lipinski definition) is 7. The lowest BCUT2D eigenvalue weighted by atomic mass is 9.81. The van der Waals surface area contributed by atoms with Crippen LogP contribution in [0.3, 0.4) is 0 Å². The van der Waals surface area contributed by atoms with E-state index >= 15 is 0 Å². The van der Waals surface area contributed by atoms with Crippen LogP contribution < -0.4 is 19.1 Å². The molecule has 0 spiro atoms. The quantitative estimate of drug-likeness (QED) is 0.488. The summed E-state index contributed by atoms with van der Waals surface area (Å²) < 4.78 is 40.0. The molecule has 2 heterocycles. The van der Waals surface area contributed by atoms with Gasteiger partial charge in [0.15, 0.2) is 5.54 Å². The number of anilines is 1. The van der Waals surface area contributed by atoms with Crippen molar-refractivity contribution in [3.8, 4) is 11.5 Å². The largest absolute Gasteiger partial charge is 0.497 e. The van der Waals surface area contributed by atoms with Crippen molar-refractivity contribution in [3.63, 3.8) is 0 Å². The van der Waals surface area contributed by atoms with Gasteiger partial charge in [-0.15, -0.1) is 0 Å². The zero-order chi connectivity index (χ0) is 26.4. The van der Waals surface area contributed by atoms with Gasteiger partial charge in [0, 0.05) is 53.4 Å². The minimum Gasteiger partial charge on any atom is -0.497 e. The Bertz CT molecular complexity index is 1480. The molecule has 3 aromatic carbocycles. The molecule has 11 heteroatoms. The molecular formula is C26H25Cl2N3O5S. The molecule has 1 fully saturated rings. The second-order valence-corrected chi connectivity index (χ2v) is 11.3. The molecule has 194 valence electrons. The Morgan fingerprint density at radius 3 is 2.32 bits per heavy atom. The van der Waals surface area contributed by atoms with E-state index in [1.165, 1.54) is 32.4 Å². The van der Waals surface area contributed by atoms with Gasteiger partial charge in [0.1, 0.15) is 16.4 Å². The van der Waals surface area contributed by atoms with Crippen LogP contribution in [0, 0.1) is 0 Å². The van der Waals surface area contributed by atoms with E-state index in [2.05, 4.69) is 5.32 Å². The smallest absolute Gasteiger partial charge is 0.274 e. The highest BCUT2D eigenvalue weighted by molar-refractivity contribution is 7.93. The molecule has 1 amide bonds. The predicted molar refractivity (Wildman–Crippen MR) is 142 cm³/mol. The second kappa shape index (κ2) is 9.81. The van der Waals surface area contributed by atoms with E-state index in [4.69, 9.17) is 32.7 Å². The van der Waals surface area contributed by atoms with E-state index in [-0.39, 0.29) is 16.3 Å². The maximum atomic E-state index is 14.7. The first kappa shape index (κ1) is 25.8. The topological polar surface area (TPSA) is 88.2 Å². The Kier molecular flexibility index (Phi) is 6.84. The van der Waals surface area contributed by atoms with Gasteiger partial charge in [-0.2, -0.15) is 0 Å². The fourth-order valence-corrected chi connectivity index (χ4v) is 7.21. The molecule has 2 aliphatic rings. The molecule has 0 aliphatic carbocycles. The van der Waals surface area contributed by atoms with Crippen molar-refractivity contribution in [2.24, 2.45) is 0 Å². The summed E-state index contributed by atoms with van der Waals surface area (Å²) in [5.74, 6) is -0.181. The number of halogens is 2. The number of sulfonamides is 1. The van der Waals surface area contributed by atoms with E-state index in [1.54, 1.807) is 42.5 Å². The van der Waals surface area contributed by atoms with Crippen LogP contribution in [0.5, 0.6) is 11.5 Å². The summed E-state index contributed by atoms with van der Waals surface area (Å²) in [4.78, 5) is 16.5. The normalized spacial score (nSPS) is 20.1. The molecule has 1 saturated heterocycles. The van der Waals surface area contributed by atoms with Crippen LogP contribution in [-0.4, -0.2) is 59.6 Å². The summed E-state index contributed by atoms with van der Waals surface area (Å²) >= 11 is 13.2. The van der Waals surface area contributed by atoms with E-state index in [0.29, 0.717) is 53.1 Å². The van der Waals surface area contributed by atoms with Crippen molar-refractivity contribution in [2.75, 3.05) is 44.7 Å². The van der Waals surface area contributed by atoms with Crippen molar-refractivity contribution in [3.05, 3.63) is 81.8 Å². The molecule has 0 saturated carbocycles. The van der Waals surface area contributed by atoms with Crippen LogP contribution in [0.1, 0.15) is 11.1 Å². The second-order valence-electron chi connectivity index (χ2n) is 8.68. The maximum absolute atomic E-state index is 14.7. The van der Waals surface area contributed by atoms with Crippen LogP contribution >= 0.6 is 23.2 Å².